The molecule has 1 aliphatic rings. The zero-order valence-electron chi connectivity index (χ0n) is 15.6. The Labute approximate surface area is 174 Å². The van der Waals surface area contributed by atoms with Crippen molar-refractivity contribution in [2.75, 3.05) is 13.2 Å². The summed E-state index contributed by atoms with van der Waals surface area (Å²) < 4.78 is 16.2. The van der Waals surface area contributed by atoms with Crippen molar-refractivity contribution < 1.29 is 33.1 Å². The van der Waals surface area contributed by atoms with E-state index in [0.29, 0.717) is 27.3 Å². The fourth-order valence-corrected chi connectivity index (χ4v) is 2.90. The Morgan fingerprint density at radius 3 is 2.69 bits per heavy atom. The van der Waals surface area contributed by atoms with Crippen LogP contribution in [0.3, 0.4) is 0 Å². The van der Waals surface area contributed by atoms with E-state index < -0.39 is 24.5 Å². The van der Waals surface area contributed by atoms with Crippen LogP contribution in [0.2, 0.25) is 0 Å². The molecule has 150 valence electrons. The lowest BCUT2D eigenvalue weighted by atomic mass is 10.1. The van der Waals surface area contributed by atoms with Gasteiger partial charge in [0.05, 0.1) is 23.5 Å². The zero-order valence-corrected chi connectivity index (χ0v) is 17.1. The minimum Gasteiger partial charge on any atom is -0.463 e. The monoisotopic (exact) mass is 461 g/mol. The number of esters is 2. The minimum atomic E-state index is -0.701. The van der Waals surface area contributed by atoms with Gasteiger partial charge in [-0.1, -0.05) is 21.1 Å². The van der Waals surface area contributed by atoms with Crippen LogP contribution < -0.4 is 0 Å². The van der Waals surface area contributed by atoms with Gasteiger partial charge in [0.1, 0.15) is 11.5 Å². The normalized spacial score (nSPS) is 14.5. The maximum atomic E-state index is 12.5. The Balaban J connectivity index is 1.86. The lowest BCUT2D eigenvalue weighted by Crippen LogP contribution is -2.17. The van der Waals surface area contributed by atoms with Crippen molar-refractivity contribution in [3.8, 4) is 11.3 Å². The van der Waals surface area contributed by atoms with Gasteiger partial charge < -0.3 is 18.7 Å². The Kier molecular flexibility index (Phi) is 6.28. The van der Waals surface area contributed by atoms with Crippen molar-refractivity contribution in [3.05, 3.63) is 51.7 Å². The molecule has 0 radical (unpaired) electrons. The lowest BCUT2D eigenvalue weighted by molar-refractivity contribution is -0.146. The molecule has 0 spiro atoms. The Hall–Kier alpha value is -3.20. The number of carbonyl (C=O) groups is 3. The summed E-state index contributed by atoms with van der Waals surface area (Å²) in [6, 6.07) is 8.29. The fourth-order valence-electron chi connectivity index (χ4n) is 2.54. The van der Waals surface area contributed by atoms with Gasteiger partial charge in [-0.05, 0) is 50.3 Å². The number of nitrogens with zero attached hydrogens (tertiary/aromatic N) is 1. The first-order chi connectivity index (χ1) is 13.9. The number of carbonyl (C=O) groups excluding carboxylic acids is 3. The third kappa shape index (κ3) is 4.80. The molecule has 2 aromatic rings. The third-order valence-electron chi connectivity index (χ3n) is 3.88. The second-order valence-electron chi connectivity index (χ2n) is 5.89. The maximum Gasteiger partial charge on any atom is 0.367 e. The van der Waals surface area contributed by atoms with E-state index in [-0.39, 0.29) is 17.7 Å². The third-order valence-corrected chi connectivity index (χ3v) is 4.38. The Morgan fingerprint density at radius 2 is 2.00 bits per heavy atom. The van der Waals surface area contributed by atoms with Crippen LogP contribution in [0.1, 0.15) is 30.0 Å². The number of oxime groups is 1. The number of ether oxygens (including phenoxy) is 2. The van der Waals surface area contributed by atoms with Crippen LogP contribution in [0.25, 0.3) is 17.4 Å². The van der Waals surface area contributed by atoms with Crippen molar-refractivity contribution in [3.63, 3.8) is 0 Å². The number of rotatable bonds is 6. The fraction of sp³-hybridized carbons (Fsp3) is 0.200. The van der Waals surface area contributed by atoms with Gasteiger partial charge in [0.25, 0.3) is 0 Å². The zero-order chi connectivity index (χ0) is 21.0. The summed E-state index contributed by atoms with van der Waals surface area (Å²) in [6.07, 6.45) is 1.51. The van der Waals surface area contributed by atoms with Gasteiger partial charge in [-0.2, -0.15) is 0 Å². The number of halogens is 1. The first-order valence-electron chi connectivity index (χ1n) is 8.59. The van der Waals surface area contributed by atoms with Gasteiger partial charge in [0, 0.05) is 10.0 Å². The summed E-state index contributed by atoms with van der Waals surface area (Å²) in [6.45, 7) is 3.01. The molecule has 3 rings (SSSR count). The summed E-state index contributed by atoms with van der Waals surface area (Å²) in [5.74, 6) is -1.13. The molecule has 0 saturated heterocycles. The molecule has 0 N–H and O–H groups in total. The topological polar surface area (TPSA) is 104 Å². The summed E-state index contributed by atoms with van der Waals surface area (Å²) in [5, 5.41) is 3.61. The van der Waals surface area contributed by atoms with Gasteiger partial charge in [-0.3, -0.25) is 0 Å². The largest absolute Gasteiger partial charge is 0.463 e. The van der Waals surface area contributed by atoms with Gasteiger partial charge >= 0.3 is 17.9 Å². The van der Waals surface area contributed by atoms with E-state index in [1.54, 1.807) is 44.2 Å². The highest BCUT2D eigenvalue weighted by atomic mass is 79.9. The predicted octanol–water partition coefficient (Wildman–Crippen LogP) is 3.75. The lowest BCUT2D eigenvalue weighted by Gasteiger charge is -2.08. The Morgan fingerprint density at radius 1 is 1.21 bits per heavy atom. The highest BCUT2D eigenvalue weighted by Crippen LogP contribution is 2.30. The molecule has 1 aromatic carbocycles. The molecular weight excluding hydrogens is 446 g/mol. The molecule has 8 nitrogen and oxygen atoms in total. The van der Waals surface area contributed by atoms with Crippen molar-refractivity contribution in [2.24, 2.45) is 5.16 Å². The second kappa shape index (κ2) is 8.87. The average Bonchev–Trinajstić information content (AvgIpc) is 3.28. The van der Waals surface area contributed by atoms with Gasteiger partial charge in [-0.15, -0.1) is 0 Å². The molecule has 0 unspecified atom stereocenters. The van der Waals surface area contributed by atoms with Crippen LogP contribution in [0.4, 0.5) is 0 Å². The van der Waals surface area contributed by atoms with E-state index >= 15 is 0 Å². The molecule has 29 heavy (non-hydrogen) atoms. The smallest absolute Gasteiger partial charge is 0.367 e. The predicted molar refractivity (Wildman–Crippen MR) is 106 cm³/mol. The van der Waals surface area contributed by atoms with Crippen LogP contribution in [0, 0.1) is 0 Å². The van der Waals surface area contributed by atoms with Crippen molar-refractivity contribution in [1.82, 2.24) is 0 Å². The van der Waals surface area contributed by atoms with E-state index in [2.05, 4.69) is 25.9 Å². The number of hydrogen-bond acceptors (Lipinski definition) is 8. The number of furan rings is 1. The van der Waals surface area contributed by atoms with Gasteiger partial charge in [-0.25, -0.2) is 14.4 Å². The SMILES string of the molecule is CCOC(=O)COC(=O)c1cc(Br)ccc1-c1ccc(/C=C2\C(=O)ON=C2C)o1. The molecule has 0 saturated carbocycles. The minimum absolute atomic E-state index is 0.195. The van der Waals surface area contributed by atoms with E-state index in [1.807, 2.05) is 0 Å². The number of hydrogen-bond donors (Lipinski definition) is 0. The molecule has 2 heterocycles. The first-order valence-corrected chi connectivity index (χ1v) is 9.39. The molecule has 0 atom stereocenters. The highest BCUT2D eigenvalue weighted by Gasteiger charge is 2.23. The first kappa shape index (κ1) is 20.5. The summed E-state index contributed by atoms with van der Waals surface area (Å²) >= 11 is 3.31. The van der Waals surface area contributed by atoms with Crippen LogP contribution in [-0.2, 0) is 23.9 Å². The molecule has 9 heteroatoms. The summed E-state index contributed by atoms with van der Waals surface area (Å²) in [7, 11) is 0. The van der Waals surface area contributed by atoms with E-state index in [9.17, 15) is 14.4 Å². The summed E-state index contributed by atoms with van der Waals surface area (Å²) in [4.78, 5) is 40.2. The molecule has 0 amide bonds. The molecule has 0 fully saturated rings. The second-order valence-corrected chi connectivity index (χ2v) is 6.80. The molecule has 1 aliphatic heterocycles. The molecule has 0 bridgehead atoms. The van der Waals surface area contributed by atoms with Crippen LogP contribution in [0.5, 0.6) is 0 Å². The van der Waals surface area contributed by atoms with E-state index in [1.165, 1.54) is 6.08 Å². The van der Waals surface area contributed by atoms with Crippen LogP contribution >= 0.6 is 15.9 Å². The molecule has 1 aromatic heterocycles. The van der Waals surface area contributed by atoms with E-state index in [4.69, 9.17) is 13.9 Å². The van der Waals surface area contributed by atoms with Crippen LogP contribution in [-0.4, -0.2) is 36.8 Å². The van der Waals surface area contributed by atoms with Crippen molar-refractivity contribution >= 4 is 45.6 Å². The Bertz CT molecular complexity index is 1040. The molecular formula is C20H16BrNO7. The van der Waals surface area contributed by atoms with E-state index in [0.717, 1.165) is 0 Å². The summed E-state index contributed by atoms with van der Waals surface area (Å²) in [5.41, 5.74) is 1.40. The number of benzene rings is 1. The van der Waals surface area contributed by atoms with Crippen molar-refractivity contribution in [2.45, 2.75) is 13.8 Å². The average molecular weight is 462 g/mol. The molecule has 0 aliphatic carbocycles. The van der Waals surface area contributed by atoms with Gasteiger partial charge in [0.15, 0.2) is 6.61 Å². The van der Waals surface area contributed by atoms with Gasteiger partial charge in [0.2, 0.25) is 0 Å². The maximum absolute atomic E-state index is 12.5. The highest BCUT2D eigenvalue weighted by molar-refractivity contribution is 9.10. The van der Waals surface area contributed by atoms with Crippen LogP contribution in [0.15, 0.2) is 50.0 Å². The van der Waals surface area contributed by atoms with Crippen molar-refractivity contribution in [1.29, 1.82) is 0 Å². The quantitative estimate of drug-likeness (QED) is 0.366. The standard InChI is InChI=1S/C20H16BrNO7/c1-3-26-18(23)10-27-19(24)16-8-12(21)4-6-14(16)17-7-5-13(28-17)9-15-11(2)22-29-20(15)25/h4-9H,3,10H2,1-2H3/b15-9-.